The van der Waals surface area contributed by atoms with Gasteiger partial charge in [0.1, 0.15) is 11.9 Å². The summed E-state index contributed by atoms with van der Waals surface area (Å²) in [5, 5.41) is 22.3. The molecule has 84 valence electrons. The van der Waals surface area contributed by atoms with Crippen molar-refractivity contribution in [3.05, 3.63) is 34.2 Å². The molecular weight excluding hydrogens is 232 g/mol. The average molecular weight is 240 g/mol. The number of aliphatic hydroxyl groups excluding tert-OH is 1. The van der Waals surface area contributed by atoms with Crippen molar-refractivity contribution in [2.75, 3.05) is 0 Å². The molecule has 0 saturated heterocycles. The summed E-state index contributed by atoms with van der Waals surface area (Å²) in [5.74, 6) is -1.20. The van der Waals surface area contributed by atoms with Crippen molar-refractivity contribution in [1.82, 2.24) is 9.59 Å². The third-order valence-corrected chi connectivity index (χ3v) is 2.92. The maximum Gasteiger partial charge on any atom is 0.371 e. The molecule has 7 heteroatoms. The molecule has 0 aliphatic carbocycles. The lowest BCUT2D eigenvalue weighted by Gasteiger charge is -2.04. The van der Waals surface area contributed by atoms with Gasteiger partial charge >= 0.3 is 5.97 Å². The maximum atomic E-state index is 10.6. The van der Waals surface area contributed by atoms with Crippen LogP contribution in [0, 0.1) is 6.92 Å². The van der Waals surface area contributed by atoms with Gasteiger partial charge in [0.2, 0.25) is 5.76 Å². The third-order valence-electron chi connectivity index (χ3n) is 2.04. The van der Waals surface area contributed by atoms with Gasteiger partial charge in [-0.15, -0.1) is 5.10 Å². The Morgan fingerprint density at radius 3 is 2.81 bits per heavy atom. The highest BCUT2D eigenvalue weighted by molar-refractivity contribution is 7.05. The van der Waals surface area contributed by atoms with Gasteiger partial charge in [-0.25, -0.2) is 4.79 Å². The van der Waals surface area contributed by atoms with Gasteiger partial charge in [-0.2, -0.15) is 0 Å². The Bertz CT molecular complexity index is 519. The van der Waals surface area contributed by atoms with Crippen LogP contribution < -0.4 is 0 Å². The van der Waals surface area contributed by atoms with Gasteiger partial charge in [-0.1, -0.05) is 4.49 Å². The second-order valence-electron chi connectivity index (χ2n) is 3.13. The Labute approximate surface area is 94.3 Å². The Balaban J connectivity index is 2.31. The molecule has 0 fully saturated rings. The second kappa shape index (κ2) is 4.03. The zero-order valence-electron chi connectivity index (χ0n) is 8.25. The highest BCUT2D eigenvalue weighted by Gasteiger charge is 2.21. The van der Waals surface area contributed by atoms with E-state index >= 15 is 0 Å². The van der Waals surface area contributed by atoms with E-state index in [0.717, 1.165) is 11.5 Å². The lowest BCUT2D eigenvalue weighted by Crippen LogP contribution is -1.98. The predicted octanol–water partition coefficient (Wildman–Crippen LogP) is 1.22. The average Bonchev–Trinajstić information content (AvgIpc) is 2.84. The molecule has 2 heterocycles. The highest BCUT2D eigenvalue weighted by Crippen LogP contribution is 2.27. The molecule has 2 N–H and O–H groups in total. The van der Waals surface area contributed by atoms with Crippen molar-refractivity contribution < 1.29 is 19.4 Å². The highest BCUT2D eigenvalue weighted by atomic mass is 32.1. The van der Waals surface area contributed by atoms with Gasteiger partial charge in [0, 0.05) is 0 Å². The zero-order chi connectivity index (χ0) is 11.7. The second-order valence-corrected chi connectivity index (χ2v) is 3.92. The van der Waals surface area contributed by atoms with Crippen LogP contribution in [0.15, 0.2) is 16.5 Å². The number of aromatic nitrogens is 2. The molecule has 0 bridgehead atoms. The fourth-order valence-corrected chi connectivity index (χ4v) is 1.87. The largest absolute Gasteiger partial charge is 0.475 e. The number of carbonyl (C=O) groups is 1. The first-order valence-corrected chi connectivity index (χ1v) is 5.17. The normalized spacial score (nSPS) is 12.6. The summed E-state index contributed by atoms with van der Waals surface area (Å²) in [7, 11) is 0. The molecule has 16 heavy (non-hydrogen) atoms. The summed E-state index contributed by atoms with van der Waals surface area (Å²) in [5.41, 5.74) is 0.603. The minimum absolute atomic E-state index is 0.173. The number of hydrogen-bond donors (Lipinski definition) is 2. The van der Waals surface area contributed by atoms with Crippen molar-refractivity contribution in [2.24, 2.45) is 0 Å². The summed E-state index contributed by atoms with van der Waals surface area (Å²) in [6.07, 6.45) is -1.02. The van der Waals surface area contributed by atoms with E-state index in [-0.39, 0.29) is 11.5 Å². The molecule has 0 aliphatic rings. The molecule has 0 saturated carbocycles. The number of nitrogens with zero attached hydrogens (tertiary/aromatic N) is 2. The van der Waals surface area contributed by atoms with E-state index in [4.69, 9.17) is 9.52 Å². The van der Waals surface area contributed by atoms with Gasteiger partial charge in [0.25, 0.3) is 0 Å². The van der Waals surface area contributed by atoms with Crippen molar-refractivity contribution in [1.29, 1.82) is 0 Å². The molecule has 0 amide bonds. The van der Waals surface area contributed by atoms with E-state index in [1.807, 2.05) is 0 Å². The lowest BCUT2D eigenvalue weighted by atomic mass is 10.2. The summed E-state index contributed by atoms with van der Waals surface area (Å²) in [4.78, 5) is 11.1. The number of carboxylic acids is 1. The fourth-order valence-electron chi connectivity index (χ4n) is 1.23. The predicted molar refractivity (Wildman–Crippen MR) is 54.4 cm³/mol. The fraction of sp³-hybridized carbons (Fsp3) is 0.222. The van der Waals surface area contributed by atoms with Crippen LogP contribution in [0.2, 0.25) is 0 Å². The van der Waals surface area contributed by atoms with Crippen LogP contribution in [0.5, 0.6) is 0 Å². The van der Waals surface area contributed by atoms with E-state index in [0.29, 0.717) is 10.6 Å². The number of carboxylic acid groups (broad SMARTS) is 1. The Morgan fingerprint density at radius 2 is 2.31 bits per heavy atom. The van der Waals surface area contributed by atoms with E-state index in [9.17, 15) is 9.90 Å². The van der Waals surface area contributed by atoms with Crippen LogP contribution in [0.1, 0.15) is 33.0 Å². The number of furan rings is 1. The monoisotopic (exact) mass is 240 g/mol. The SMILES string of the molecule is Cc1nnsc1C(O)c1ccc(C(=O)O)o1. The van der Waals surface area contributed by atoms with E-state index in [2.05, 4.69) is 9.59 Å². The quantitative estimate of drug-likeness (QED) is 0.837. The van der Waals surface area contributed by atoms with Gasteiger partial charge in [0.15, 0.2) is 0 Å². The molecule has 0 spiro atoms. The topological polar surface area (TPSA) is 96.5 Å². The van der Waals surface area contributed by atoms with Gasteiger partial charge < -0.3 is 14.6 Å². The van der Waals surface area contributed by atoms with Crippen molar-refractivity contribution in [3.63, 3.8) is 0 Å². The van der Waals surface area contributed by atoms with Crippen LogP contribution >= 0.6 is 11.5 Å². The number of rotatable bonds is 3. The van der Waals surface area contributed by atoms with Gasteiger partial charge in [-0.05, 0) is 30.6 Å². The Morgan fingerprint density at radius 1 is 1.56 bits per heavy atom. The van der Waals surface area contributed by atoms with Crippen LogP contribution in [-0.2, 0) is 0 Å². The molecule has 0 aromatic carbocycles. The standard InChI is InChI=1S/C9H8N2O4S/c1-4-8(16-11-10-4)7(12)5-2-3-6(15-5)9(13)14/h2-3,7,12H,1H3,(H,13,14). The van der Waals surface area contributed by atoms with Crippen molar-refractivity contribution >= 4 is 17.5 Å². The van der Waals surface area contributed by atoms with Gasteiger partial charge in [0.05, 0.1) is 10.6 Å². The van der Waals surface area contributed by atoms with Crippen LogP contribution in [0.3, 0.4) is 0 Å². The third kappa shape index (κ3) is 1.82. The number of aromatic carboxylic acids is 1. The van der Waals surface area contributed by atoms with E-state index in [1.54, 1.807) is 6.92 Å². The molecule has 0 aliphatic heterocycles. The van der Waals surface area contributed by atoms with E-state index < -0.39 is 12.1 Å². The van der Waals surface area contributed by atoms with Crippen LogP contribution in [-0.4, -0.2) is 25.8 Å². The van der Waals surface area contributed by atoms with Crippen LogP contribution in [0.25, 0.3) is 0 Å². The molecule has 2 aromatic rings. The first-order chi connectivity index (χ1) is 7.59. The van der Waals surface area contributed by atoms with E-state index in [1.165, 1.54) is 12.1 Å². The molecule has 2 aromatic heterocycles. The number of aryl methyl sites for hydroxylation is 1. The summed E-state index contributed by atoms with van der Waals surface area (Å²) in [6, 6.07) is 2.72. The van der Waals surface area contributed by atoms with Crippen LogP contribution in [0.4, 0.5) is 0 Å². The number of hydrogen-bond acceptors (Lipinski definition) is 6. The minimum Gasteiger partial charge on any atom is -0.475 e. The summed E-state index contributed by atoms with van der Waals surface area (Å²) < 4.78 is 8.67. The molecule has 6 nitrogen and oxygen atoms in total. The first kappa shape index (κ1) is 10.8. The van der Waals surface area contributed by atoms with Gasteiger partial charge in [-0.3, -0.25) is 0 Å². The summed E-state index contributed by atoms with van der Waals surface area (Å²) >= 11 is 1.05. The molecule has 1 unspecified atom stereocenters. The first-order valence-electron chi connectivity index (χ1n) is 4.39. The van der Waals surface area contributed by atoms with Crippen molar-refractivity contribution in [2.45, 2.75) is 13.0 Å². The van der Waals surface area contributed by atoms with Crippen molar-refractivity contribution in [3.8, 4) is 0 Å². The lowest BCUT2D eigenvalue weighted by molar-refractivity contribution is 0.0655. The molecular formula is C9H8N2O4S. The number of aliphatic hydroxyl groups is 1. The zero-order valence-corrected chi connectivity index (χ0v) is 9.06. The minimum atomic E-state index is -1.17. The molecule has 1 atom stereocenters. The Hall–Kier alpha value is -1.73. The maximum absolute atomic E-state index is 10.6. The summed E-state index contributed by atoms with van der Waals surface area (Å²) in [6.45, 7) is 1.71. The molecule has 2 rings (SSSR count). The Kier molecular flexibility index (Phi) is 2.71. The smallest absolute Gasteiger partial charge is 0.371 e. The molecule has 0 radical (unpaired) electrons.